The molecule has 0 aromatic carbocycles. The zero-order valence-electron chi connectivity index (χ0n) is 6.02. The van der Waals surface area contributed by atoms with Crippen LogP contribution < -0.4 is 0 Å². The number of ether oxygens (including phenoxy) is 1. The second-order valence-corrected chi connectivity index (χ2v) is 3.65. The molecule has 0 unspecified atom stereocenters. The number of rotatable bonds is 0. The molecule has 1 saturated heterocycles. The van der Waals surface area contributed by atoms with Crippen molar-refractivity contribution < 1.29 is 4.74 Å². The SMILES string of the molecule is CC1CCC2(CC1)CO2. The van der Waals surface area contributed by atoms with Crippen LogP contribution in [-0.2, 0) is 4.74 Å². The minimum atomic E-state index is 0.409. The summed E-state index contributed by atoms with van der Waals surface area (Å²) in [4.78, 5) is 0. The highest BCUT2D eigenvalue weighted by atomic mass is 16.6. The predicted octanol–water partition coefficient (Wildman–Crippen LogP) is 1.97. The lowest BCUT2D eigenvalue weighted by atomic mass is 9.83. The Morgan fingerprint density at radius 1 is 1.33 bits per heavy atom. The largest absolute Gasteiger partial charge is 0.370 e. The van der Waals surface area contributed by atoms with E-state index in [2.05, 4.69) is 6.92 Å². The smallest absolute Gasteiger partial charge is 0.0916 e. The lowest BCUT2D eigenvalue weighted by Gasteiger charge is -2.22. The molecular weight excluding hydrogens is 112 g/mol. The topological polar surface area (TPSA) is 12.5 Å². The molecule has 0 radical (unpaired) electrons. The van der Waals surface area contributed by atoms with E-state index in [9.17, 15) is 0 Å². The van der Waals surface area contributed by atoms with E-state index in [1.807, 2.05) is 0 Å². The number of hydrogen-bond acceptors (Lipinski definition) is 1. The highest BCUT2D eigenvalue weighted by Gasteiger charge is 2.45. The van der Waals surface area contributed by atoms with E-state index in [0.717, 1.165) is 12.5 Å². The van der Waals surface area contributed by atoms with Crippen LogP contribution in [0.15, 0.2) is 0 Å². The Kier molecular flexibility index (Phi) is 1.10. The van der Waals surface area contributed by atoms with Gasteiger partial charge in [-0.1, -0.05) is 6.92 Å². The van der Waals surface area contributed by atoms with Crippen LogP contribution in [0.3, 0.4) is 0 Å². The van der Waals surface area contributed by atoms with Crippen LogP contribution in [-0.4, -0.2) is 12.2 Å². The maximum absolute atomic E-state index is 5.39. The lowest BCUT2D eigenvalue weighted by molar-refractivity contribution is 0.206. The summed E-state index contributed by atoms with van der Waals surface area (Å²) in [6.07, 6.45) is 5.43. The predicted molar refractivity (Wildman–Crippen MR) is 36.3 cm³/mol. The molecule has 2 rings (SSSR count). The van der Waals surface area contributed by atoms with Gasteiger partial charge in [0, 0.05) is 0 Å². The van der Waals surface area contributed by atoms with Gasteiger partial charge in [0.25, 0.3) is 0 Å². The van der Waals surface area contributed by atoms with Crippen LogP contribution >= 0.6 is 0 Å². The Balaban J connectivity index is 1.91. The third kappa shape index (κ3) is 0.983. The molecular formula is C8H14O. The van der Waals surface area contributed by atoms with E-state index in [1.165, 1.54) is 25.7 Å². The van der Waals surface area contributed by atoms with Gasteiger partial charge in [-0.25, -0.2) is 0 Å². The highest BCUT2D eigenvalue weighted by molar-refractivity contribution is 4.95. The van der Waals surface area contributed by atoms with E-state index in [-0.39, 0.29) is 0 Å². The van der Waals surface area contributed by atoms with Gasteiger partial charge in [0.15, 0.2) is 0 Å². The molecule has 1 heterocycles. The first-order valence-electron chi connectivity index (χ1n) is 3.95. The van der Waals surface area contributed by atoms with Crippen molar-refractivity contribution in [2.24, 2.45) is 5.92 Å². The van der Waals surface area contributed by atoms with Crippen molar-refractivity contribution in [3.63, 3.8) is 0 Å². The molecule has 52 valence electrons. The molecule has 0 amide bonds. The van der Waals surface area contributed by atoms with Crippen LogP contribution in [0.5, 0.6) is 0 Å². The van der Waals surface area contributed by atoms with E-state index in [4.69, 9.17) is 4.74 Å². The van der Waals surface area contributed by atoms with Crippen LogP contribution in [0.25, 0.3) is 0 Å². The molecule has 1 spiro atoms. The summed E-state index contributed by atoms with van der Waals surface area (Å²) < 4.78 is 5.39. The standard InChI is InChI=1S/C8H14O/c1-7-2-4-8(5-3-7)6-9-8/h7H,2-6H2,1H3. The van der Waals surface area contributed by atoms with Gasteiger partial charge in [-0.05, 0) is 31.6 Å². The first-order chi connectivity index (χ1) is 4.31. The molecule has 1 aliphatic carbocycles. The maximum Gasteiger partial charge on any atom is 0.0916 e. The molecule has 0 N–H and O–H groups in total. The second kappa shape index (κ2) is 1.72. The van der Waals surface area contributed by atoms with Gasteiger partial charge in [-0.2, -0.15) is 0 Å². The van der Waals surface area contributed by atoms with Crippen molar-refractivity contribution in [1.82, 2.24) is 0 Å². The Morgan fingerprint density at radius 2 is 1.89 bits per heavy atom. The monoisotopic (exact) mass is 126 g/mol. The van der Waals surface area contributed by atoms with Crippen LogP contribution in [0.4, 0.5) is 0 Å². The maximum atomic E-state index is 5.39. The van der Waals surface area contributed by atoms with Gasteiger partial charge >= 0.3 is 0 Å². The van der Waals surface area contributed by atoms with Crippen molar-refractivity contribution in [2.45, 2.75) is 38.2 Å². The van der Waals surface area contributed by atoms with Gasteiger partial charge in [-0.15, -0.1) is 0 Å². The normalized spacial score (nSPS) is 49.7. The summed E-state index contributed by atoms with van der Waals surface area (Å²) in [7, 11) is 0. The van der Waals surface area contributed by atoms with Gasteiger partial charge in [-0.3, -0.25) is 0 Å². The Labute approximate surface area is 56.4 Å². The van der Waals surface area contributed by atoms with Gasteiger partial charge < -0.3 is 4.74 Å². The minimum Gasteiger partial charge on any atom is -0.370 e. The third-order valence-electron chi connectivity index (χ3n) is 2.74. The Morgan fingerprint density at radius 3 is 2.33 bits per heavy atom. The average Bonchev–Trinajstić information content (AvgIpc) is 2.60. The van der Waals surface area contributed by atoms with Crippen LogP contribution in [0.1, 0.15) is 32.6 Å². The lowest BCUT2D eigenvalue weighted by Crippen LogP contribution is -2.19. The van der Waals surface area contributed by atoms with Crippen molar-refractivity contribution in [1.29, 1.82) is 0 Å². The second-order valence-electron chi connectivity index (χ2n) is 3.65. The minimum absolute atomic E-state index is 0.409. The van der Waals surface area contributed by atoms with E-state index in [1.54, 1.807) is 0 Å². The Bertz CT molecular complexity index is 106. The fourth-order valence-electron chi connectivity index (χ4n) is 1.68. The van der Waals surface area contributed by atoms with E-state index < -0.39 is 0 Å². The summed E-state index contributed by atoms with van der Waals surface area (Å²) in [6, 6.07) is 0. The third-order valence-corrected chi connectivity index (χ3v) is 2.74. The van der Waals surface area contributed by atoms with Crippen molar-refractivity contribution in [3.05, 3.63) is 0 Å². The van der Waals surface area contributed by atoms with Crippen molar-refractivity contribution in [2.75, 3.05) is 6.61 Å². The average molecular weight is 126 g/mol. The van der Waals surface area contributed by atoms with Crippen LogP contribution in [0, 0.1) is 5.92 Å². The molecule has 9 heavy (non-hydrogen) atoms. The quantitative estimate of drug-likeness (QED) is 0.452. The molecule has 1 aliphatic heterocycles. The van der Waals surface area contributed by atoms with Crippen molar-refractivity contribution >= 4 is 0 Å². The summed E-state index contributed by atoms with van der Waals surface area (Å²) in [5, 5.41) is 0. The Hall–Kier alpha value is -0.0400. The number of hydrogen-bond donors (Lipinski definition) is 0. The van der Waals surface area contributed by atoms with Crippen molar-refractivity contribution in [3.8, 4) is 0 Å². The molecule has 0 aromatic rings. The molecule has 1 heteroatoms. The summed E-state index contributed by atoms with van der Waals surface area (Å²) >= 11 is 0. The molecule has 1 saturated carbocycles. The van der Waals surface area contributed by atoms with E-state index >= 15 is 0 Å². The van der Waals surface area contributed by atoms with Gasteiger partial charge in [0.2, 0.25) is 0 Å². The first-order valence-corrected chi connectivity index (χ1v) is 3.95. The summed E-state index contributed by atoms with van der Waals surface area (Å²) in [5.74, 6) is 0.958. The van der Waals surface area contributed by atoms with E-state index in [0.29, 0.717) is 5.60 Å². The summed E-state index contributed by atoms with van der Waals surface area (Å²) in [6.45, 7) is 3.40. The number of epoxide rings is 1. The zero-order valence-corrected chi connectivity index (χ0v) is 6.02. The molecule has 2 aliphatic rings. The molecule has 0 bridgehead atoms. The fourth-order valence-corrected chi connectivity index (χ4v) is 1.68. The zero-order chi connectivity index (χ0) is 6.32. The molecule has 1 nitrogen and oxygen atoms in total. The van der Waals surface area contributed by atoms with Gasteiger partial charge in [0.1, 0.15) is 0 Å². The molecule has 0 aromatic heterocycles. The fraction of sp³-hybridized carbons (Fsp3) is 1.00. The highest BCUT2D eigenvalue weighted by Crippen LogP contribution is 2.43. The van der Waals surface area contributed by atoms with Gasteiger partial charge in [0.05, 0.1) is 12.2 Å². The first kappa shape index (κ1) is 5.72. The molecule has 0 atom stereocenters. The molecule has 2 fully saturated rings. The summed E-state index contributed by atoms with van der Waals surface area (Å²) in [5.41, 5.74) is 0.409. The van der Waals surface area contributed by atoms with Crippen LogP contribution in [0.2, 0.25) is 0 Å².